The summed E-state index contributed by atoms with van der Waals surface area (Å²) in [5.41, 5.74) is 1.17. The molecule has 1 fully saturated rings. The molecule has 0 saturated carbocycles. The Labute approximate surface area is 178 Å². The molecule has 1 aromatic heterocycles. The van der Waals surface area contributed by atoms with Crippen LogP contribution >= 0.6 is 0 Å². The van der Waals surface area contributed by atoms with E-state index in [1.807, 2.05) is 0 Å². The van der Waals surface area contributed by atoms with Gasteiger partial charge in [-0.05, 0) is 62.2 Å². The first-order chi connectivity index (χ1) is 14.9. The van der Waals surface area contributed by atoms with E-state index < -0.39 is 11.6 Å². The Balaban J connectivity index is 1.35. The molecule has 0 atom stereocenters. The van der Waals surface area contributed by atoms with E-state index >= 15 is 0 Å². The van der Waals surface area contributed by atoms with Crippen LogP contribution in [-0.2, 0) is 4.79 Å². The largest absolute Gasteiger partial charge is 0.339 e. The first kappa shape index (κ1) is 20.7. The van der Waals surface area contributed by atoms with Crippen molar-refractivity contribution in [3.8, 4) is 5.69 Å². The highest BCUT2D eigenvalue weighted by Gasteiger charge is 2.28. The van der Waals surface area contributed by atoms with Gasteiger partial charge in [-0.25, -0.2) is 13.8 Å². The number of piperidine rings is 1. The number of anilines is 1. The topological polar surface area (TPSA) is 67.2 Å². The second kappa shape index (κ2) is 8.67. The zero-order valence-electron chi connectivity index (χ0n) is 17.0. The molecule has 0 spiro atoms. The number of halogens is 2. The fraction of sp³-hybridized carbons (Fsp3) is 0.261. The van der Waals surface area contributed by atoms with E-state index in [9.17, 15) is 18.4 Å². The van der Waals surface area contributed by atoms with Gasteiger partial charge in [0.15, 0.2) is 0 Å². The molecule has 2 aromatic carbocycles. The first-order valence-corrected chi connectivity index (χ1v) is 10.1. The van der Waals surface area contributed by atoms with Gasteiger partial charge in [-0.15, -0.1) is 0 Å². The fourth-order valence-corrected chi connectivity index (χ4v) is 3.78. The molecule has 1 aliphatic rings. The predicted octanol–water partition coefficient (Wildman–Crippen LogP) is 3.95. The molecule has 3 aromatic rings. The number of aryl methyl sites for hydroxylation is 1. The fourth-order valence-electron chi connectivity index (χ4n) is 3.78. The van der Waals surface area contributed by atoms with Crippen molar-refractivity contribution < 1.29 is 18.4 Å². The molecule has 2 amide bonds. The maximum Gasteiger partial charge on any atom is 0.253 e. The molecule has 0 aliphatic carbocycles. The normalized spacial score (nSPS) is 14.5. The molecule has 1 aliphatic heterocycles. The monoisotopic (exact) mass is 424 g/mol. The summed E-state index contributed by atoms with van der Waals surface area (Å²) in [5, 5.41) is 2.77. The number of amides is 2. The predicted molar refractivity (Wildman–Crippen MR) is 112 cm³/mol. The summed E-state index contributed by atoms with van der Waals surface area (Å²) >= 11 is 0. The van der Waals surface area contributed by atoms with Gasteiger partial charge in [0.05, 0.1) is 5.69 Å². The van der Waals surface area contributed by atoms with Crippen molar-refractivity contribution in [1.82, 2.24) is 14.5 Å². The molecule has 31 heavy (non-hydrogen) atoms. The second-order valence-electron chi connectivity index (χ2n) is 7.57. The van der Waals surface area contributed by atoms with E-state index in [2.05, 4.69) is 10.3 Å². The van der Waals surface area contributed by atoms with Crippen LogP contribution in [0.1, 0.15) is 29.0 Å². The Morgan fingerprint density at radius 2 is 1.77 bits per heavy atom. The highest BCUT2D eigenvalue weighted by atomic mass is 19.1. The summed E-state index contributed by atoms with van der Waals surface area (Å²) in [6.45, 7) is 2.64. The summed E-state index contributed by atoms with van der Waals surface area (Å²) in [7, 11) is 0. The lowest BCUT2D eigenvalue weighted by molar-refractivity contribution is -0.121. The standard InChI is InChI=1S/C23H22F2N4O2/c1-15-26-10-13-29(15)21-7-6-19(14-20(21)25)27-22(30)16-8-11-28(12-9-16)23(31)17-2-4-18(24)5-3-17/h2-7,10,13-14,16H,8-9,11-12H2,1H3,(H,27,30). The molecule has 4 rings (SSSR count). The number of rotatable bonds is 4. The lowest BCUT2D eigenvalue weighted by Gasteiger charge is -2.31. The average molecular weight is 424 g/mol. The van der Waals surface area contributed by atoms with E-state index in [-0.39, 0.29) is 17.7 Å². The van der Waals surface area contributed by atoms with Gasteiger partial charge in [-0.1, -0.05) is 0 Å². The van der Waals surface area contributed by atoms with E-state index in [1.165, 1.54) is 30.3 Å². The summed E-state index contributed by atoms with van der Waals surface area (Å²) in [4.78, 5) is 30.9. The molecule has 0 unspecified atom stereocenters. The van der Waals surface area contributed by atoms with E-state index in [0.29, 0.717) is 48.7 Å². The molecular formula is C23H22F2N4O2. The molecule has 160 valence electrons. The van der Waals surface area contributed by atoms with Crippen molar-refractivity contribution in [1.29, 1.82) is 0 Å². The maximum absolute atomic E-state index is 14.5. The van der Waals surface area contributed by atoms with Crippen LogP contribution in [0.15, 0.2) is 54.9 Å². The number of benzene rings is 2. The number of hydrogen-bond acceptors (Lipinski definition) is 3. The van der Waals surface area contributed by atoms with Crippen molar-refractivity contribution in [3.05, 3.63) is 77.9 Å². The van der Waals surface area contributed by atoms with Crippen molar-refractivity contribution in [3.63, 3.8) is 0 Å². The number of carbonyl (C=O) groups is 2. The lowest BCUT2D eigenvalue weighted by Crippen LogP contribution is -2.41. The van der Waals surface area contributed by atoms with E-state index in [1.54, 1.807) is 40.9 Å². The minimum absolute atomic E-state index is 0.175. The Morgan fingerprint density at radius 3 is 2.39 bits per heavy atom. The second-order valence-corrected chi connectivity index (χ2v) is 7.57. The van der Waals surface area contributed by atoms with Gasteiger partial charge in [0.1, 0.15) is 17.5 Å². The minimum atomic E-state index is -0.460. The Kier molecular flexibility index (Phi) is 5.79. The summed E-state index contributed by atoms with van der Waals surface area (Å²) in [6, 6.07) is 9.98. The SMILES string of the molecule is Cc1nccn1-c1ccc(NC(=O)C2CCN(C(=O)c3ccc(F)cc3)CC2)cc1F. The highest BCUT2D eigenvalue weighted by molar-refractivity contribution is 5.95. The number of aromatic nitrogens is 2. The van der Waals surface area contributed by atoms with Crippen LogP contribution in [0.2, 0.25) is 0 Å². The van der Waals surface area contributed by atoms with Crippen LogP contribution in [0, 0.1) is 24.5 Å². The van der Waals surface area contributed by atoms with Crippen molar-refractivity contribution in [2.24, 2.45) is 5.92 Å². The summed E-state index contributed by atoms with van der Waals surface area (Å²) < 4.78 is 29.2. The molecular weight excluding hydrogens is 402 g/mol. The van der Waals surface area contributed by atoms with Gasteiger partial charge in [-0.2, -0.15) is 0 Å². The summed E-state index contributed by atoms with van der Waals surface area (Å²) in [5.74, 6) is -0.824. The molecule has 8 heteroatoms. The Morgan fingerprint density at radius 1 is 1.06 bits per heavy atom. The third-order valence-corrected chi connectivity index (χ3v) is 5.54. The lowest BCUT2D eigenvalue weighted by atomic mass is 9.95. The molecule has 0 bridgehead atoms. The number of nitrogens with zero attached hydrogens (tertiary/aromatic N) is 3. The van der Waals surface area contributed by atoms with Crippen molar-refractivity contribution >= 4 is 17.5 Å². The van der Waals surface area contributed by atoms with Crippen LogP contribution in [0.5, 0.6) is 0 Å². The van der Waals surface area contributed by atoms with E-state index in [0.717, 1.165) is 0 Å². The zero-order valence-corrected chi connectivity index (χ0v) is 17.0. The van der Waals surface area contributed by atoms with Crippen LogP contribution < -0.4 is 5.32 Å². The molecule has 1 saturated heterocycles. The van der Waals surface area contributed by atoms with Gasteiger partial charge in [0, 0.05) is 42.7 Å². The minimum Gasteiger partial charge on any atom is -0.339 e. The van der Waals surface area contributed by atoms with Gasteiger partial charge in [0.25, 0.3) is 5.91 Å². The quantitative estimate of drug-likeness (QED) is 0.690. The molecule has 2 heterocycles. The molecule has 6 nitrogen and oxygen atoms in total. The number of likely N-dealkylation sites (tertiary alicyclic amines) is 1. The first-order valence-electron chi connectivity index (χ1n) is 10.1. The van der Waals surface area contributed by atoms with Crippen molar-refractivity contribution in [2.75, 3.05) is 18.4 Å². The Hall–Kier alpha value is -3.55. The van der Waals surface area contributed by atoms with Crippen LogP contribution in [0.4, 0.5) is 14.5 Å². The molecule has 1 N–H and O–H groups in total. The van der Waals surface area contributed by atoms with Gasteiger partial charge in [-0.3, -0.25) is 9.59 Å². The highest BCUT2D eigenvalue weighted by Crippen LogP contribution is 2.23. The van der Waals surface area contributed by atoms with Crippen LogP contribution in [0.3, 0.4) is 0 Å². The third-order valence-electron chi connectivity index (χ3n) is 5.54. The van der Waals surface area contributed by atoms with Crippen LogP contribution in [0.25, 0.3) is 5.69 Å². The van der Waals surface area contributed by atoms with Gasteiger partial charge in [0.2, 0.25) is 5.91 Å². The summed E-state index contributed by atoms with van der Waals surface area (Å²) in [6.07, 6.45) is 4.28. The third kappa shape index (κ3) is 4.47. The van der Waals surface area contributed by atoms with Gasteiger partial charge < -0.3 is 14.8 Å². The van der Waals surface area contributed by atoms with Crippen LogP contribution in [-0.4, -0.2) is 39.4 Å². The molecule has 0 radical (unpaired) electrons. The smallest absolute Gasteiger partial charge is 0.253 e. The number of hydrogen-bond donors (Lipinski definition) is 1. The van der Waals surface area contributed by atoms with Crippen molar-refractivity contribution in [2.45, 2.75) is 19.8 Å². The number of imidazole rings is 1. The Bertz CT molecular complexity index is 1100. The van der Waals surface area contributed by atoms with E-state index in [4.69, 9.17) is 0 Å². The zero-order chi connectivity index (χ0) is 22.0. The maximum atomic E-state index is 14.5. The average Bonchev–Trinajstić information content (AvgIpc) is 3.19. The number of nitrogens with one attached hydrogen (secondary N) is 1. The van der Waals surface area contributed by atoms with Gasteiger partial charge >= 0.3 is 0 Å². The number of carbonyl (C=O) groups excluding carboxylic acids is 2.